The van der Waals surface area contributed by atoms with Crippen LogP contribution in [-0.4, -0.2) is 15.8 Å². The van der Waals surface area contributed by atoms with E-state index in [1.807, 2.05) is 0 Å². The summed E-state index contributed by atoms with van der Waals surface area (Å²) in [5.74, 6) is -0.805. The number of rotatable bonds is 4. The number of anilines is 1. The van der Waals surface area contributed by atoms with E-state index in [0.29, 0.717) is 0 Å². The number of nitro groups is 2. The molecule has 0 aliphatic rings. The third-order valence-corrected chi connectivity index (χ3v) is 3.51. The molecule has 0 radical (unpaired) electrons. The van der Waals surface area contributed by atoms with Crippen LogP contribution in [0.1, 0.15) is 10.4 Å². The van der Waals surface area contributed by atoms with Crippen LogP contribution in [0, 0.1) is 20.2 Å². The number of nitrogens with one attached hydrogen (secondary N) is 1. The summed E-state index contributed by atoms with van der Waals surface area (Å²) in [6.07, 6.45) is 0. The van der Waals surface area contributed by atoms with Crippen LogP contribution in [-0.2, 0) is 0 Å². The molecule has 0 fully saturated rings. The number of fused-ring (bicyclic) bond motifs is 1. The minimum atomic E-state index is -0.911. The van der Waals surface area contributed by atoms with Crippen molar-refractivity contribution >= 4 is 33.9 Å². The van der Waals surface area contributed by atoms with Gasteiger partial charge in [0.15, 0.2) is 0 Å². The van der Waals surface area contributed by atoms with Gasteiger partial charge in [0, 0.05) is 35.3 Å². The van der Waals surface area contributed by atoms with E-state index in [2.05, 4.69) is 5.32 Å². The van der Waals surface area contributed by atoms with Gasteiger partial charge in [-0.1, -0.05) is 0 Å². The number of hydrogen-bond donors (Lipinski definition) is 1. The van der Waals surface area contributed by atoms with Crippen LogP contribution in [0.25, 0.3) is 11.0 Å². The lowest BCUT2D eigenvalue weighted by Crippen LogP contribution is -2.20. The molecule has 10 heteroatoms. The molecule has 0 aliphatic carbocycles. The zero-order valence-electron chi connectivity index (χ0n) is 12.9. The van der Waals surface area contributed by atoms with Crippen molar-refractivity contribution in [3.63, 3.8) is 0 Å². The van der Waals surface area contributed by atoms with Crippen LogP contribution in [0.15, 0.2) is 57.7 Å². The van der Waals surface area contributed by atoms with Crippen LogP contribution in [0.2, 0.25) is 0 Å². The zero-order chi connectivity index (χ0) is 18.8. The van der Waals surface area contributed by atoms with Crippen LogP contribution < -0.4 is 10.9 Å². The SMILES string of the molecule is O=C(Nc1ccc([N+](=O)[O-])cc1)c1cc2cc([N+](=O)[O-])ccc2oc1=O. The Morgan fingerprint density at radius 2 is 1.54 bits per heavy atom. The quantitative estimate of drug-likeness (QED) is 0.430. The summed E-state index contributed by atoms with van der Waals surface area (Å²) >= 11 is 0. The fraction of sp³-hybridized carbons (Fsp3) is 0. The smallest absolute Gasteiger partial charge is 0.349 e. The highest BCUT2D eigenvalue weighted by Gasteiger charge is 2.16. The first kappa shape index (κ1) is 16.8. The van der Waals surface area contributed by atoms with Gasteiger partial charge in [0.05, 0.1) is 9.85 Å². The molecule has 0 bridgehead atoms. The Hall–Kier alpha value is -4.08. The molecule has 3 rings (SSSR count). The Kier molecular flexibility index (Phi) is 4.15. The molecule has 1 aromatic heterocycles. The third kappa shape index (κ3) is 3.24. The van der Waals surface area contributed by atoms with Gasteiger partial charge in [-0.05, 0) is 24.3 Å². The van der Waals surface area contributed by atoms with Crippen molar-refractivity contribution in [2.45, 2.75) is 0 Å². The lowest BCUT2D eigenvalue weighted by molar-refractivity contribution is -0.385. The Bertz CT molecular complexity index is 1100. The summed E-state index contributed by atoms with van der Waals surface area (Å²) in [6, 6.07) is 9.83. The Morgan fingerprint density at radius 3 is 2.15 bits per heavy atom. The van der Waals surface area contributed by atoms with Crippen molar-refractivity contribution in [1.29, 1.82) is 0 Å². The summed E-state index contributed by atoms with van der Waals surface area (Å²) in [5, 5.41) is 24.1. The fourth-order valence-corrected chi connectivity index (χ4v) is 2.25. The third-order valence-electron chi connectivity index (χ3n) is 3.51. The largest absolute Gasteiger partial charge is 0.422 e. The van der Waals surface area contributed by atoms with E-state index < -0.39 is 21.4 Å². The molecule has 130 valence electrons. The van der Waals surface area contributed by atoms with Crippen molar-refractivity contribution in [1.82, 2.24) is 0 Å². The van der Waals surface area contributed by atoms with Gasteiger partial charge in [0.1, 0.15) is 11.1 Å². The van der Waals surface area contributed by atoms with Crippen molar-refractivity contribution < 1.29 is 19.1 Å². The Morgan fingerprint density at radius 1 is 0.923 bits per heavy atom. The topological polar surface area (TPSA) is 146 Å². The van der Waals surface area contributed by atoms with E-state index in [4.69, 9.17) is 4.42 Å². The van der Waals surface area contributed by atoms with Crippen LogP contribution in [0.4, 0.5) is 17.1 Å². The van der Waals surface area contributed by atoms with Crippen LogP contribution in [0.3, 0.4) is 0 Å². The molecular weight excluding hydrogens is 346 g/mol. The average molecular weight is 355 g/mol. The maximum atomic E-state index is 12.3. The lowest BCUT2D eigenvalue weighted by Gasteiger charge is -2.05. The molecule has 0 saturated carbocycles. The van der Waals surface area contributed by atoms with Gasteiger partial charge >= 0.3 is 5.63 Å². The fourth-order valence-electron chi connectivity index (χ4n) is 2.25. The molecule has 3 aromatic rings. The lowest BCUT2D eigenvalue weighted by atomic mass is 10.1. The second-order valence-corrected chi connectivity index (χ2v) is 5.18. The normalized spacial score (nSPS) is 10.5. The Balaban J connectivity index is 1.94. The second kappa shape index (κ2) is 6.43. The predicted molar refractivity (Wildman–Crippen MR) is 90.2 cm³/mol. The maximum absolute atomic E-state index is 12.3. The number of carbonyl (C=O) groups excluding carboxylic acids is 1. The highest BCUT2D eigenvalue weighted by molar-refractivity contribution is 6.05. The standard InChI is InChI=1S/C16H9N3O7/c20-15(17-10-1-3-11(4-2-10)18(22)23)13-8-9-7-12(19(24)25)5-6-14(9)26-16(13)21/h1-8H,(H,17,20). The first-order valence-corrected chi connectivity index (χ1v) is 7.13. The van der Waals surface area contributed by atoms with E-state index in [-0.39, 0.29) is 33.6 Å². The van der Waals surface area contributed by atoms with Crippen molar-refractivity contribution in [2.24, 2.45) is 0 Å². The van der Waals surface area contributed by atoms with Gasteiger partial charge in [-0.2, -0.15) is 0 Å². The molecular formula is C16H9N3O7. The van der Waals surface area contributed by atoms with Gasteiger partial charge in [-0.3, -0.25) is 25.0 Å². The molecule has 0 spiro atoms. The molecule has 2 aromatic carbocycles. The maximum Gasteiger partial charge on any atom is 0.349 e. The van der Waals surface area contributed by atoms with E-state index in [0.717, 1.165) is 0 Å². The van der Waals surface area contributed by atoms with Gasteiger partial charge in [-0.25, -0.2) is 4.79 Å². The number of hydrogen-bond acceptors (Lipinski definition) is 7. The number of benzene rings is 2. The van der Waals surface area contributed by atoms with Crippen molar-refractivity contribution in [3.8, 4) is 0 Å². The Labute approximate surface area is 144 Å². The number of nitrogens with zero attached hydrogens (tertiary/aromatic N) is 2. The molecule has 10 nitrogen and oxygen atoms in total. The molecule has 0 unspecified atom stereocenters. The molecule has 0 atom stereocenters. The van der Waals surface area contributed by atoms with Crippen molar-refractivity contribution in [3.05, 3.63) is 84.7 Å². The average Bonchev–Trinajstić information content (AvgIpc) is 2.61. The van der Waals surface area contributed by atoms with E-state index in [9.17, 15) is 29.8 Å². The number of amides is 1. The molecule has 1 heterocycles. The van der Waals surface area contributed by atoms with Gasteiger partial charge in [0.25, 0.3) is 17.3 Å². The minimum absolute atomic E-state index is 0.104. The van der Waals surface area contributed by atoms with E-state index in [1.165, 1.54) is 48.5 Å². The predicted octanol–water partition coefficient (Wildman–Crippen LogP) is 2.86. The zero-order valence-corrected chi connectivity index (χ0v) is 12.9. The number of nitro benzene ring substituents is 2. The first-order valence-electron chi connectivity index (χ1n) is 7.13. The number of non-ortho nitro benzene ring substituents is 2. The van der Waals surface area contributed by atoms with Gasteiger partial charge in [0.2, 0.25) is 0 Å². The van der Waals surface area contributed by atoms with E-state index >= 15 is 0 Å². The van der Waals surface area contributed by atoms with E-state index in [1.54, 1.807) is 0 Å². The highest BCUT2D eigenvalue weighted by atomic mass is 16.6. The highest BCUT2D eigenvalue weighted by Crippen LogP contribution is 2.21. The second-order valence-electron chi connectivity index (χ2n) is 5.18. The summed E-state index contributed by atoms with van der Waals surface area (Å²) in [4.78, 5) is 44.5. The van der Waals surface area contributed by atoms with Crippen LogP contribution >= 0.6 is 0 Å². The number of carbonyl (C=O) groups is 1. The summed E-state index contributed by atoms with van der Waals surface area (Å²) in [6.45, 7) is 0. The minimum Gasteiger partial charge on any atom is -0.422 e. The van der Waals surface area contributed by atoms with Crippen LogP contribution in [0.5, 0.6) is 0 Å². The van der Waals surface area contributed by atoms with Crippen molar-refractivity contribution in [2.75, 3.05) is 5.32 Å². The summed E-state index contributed by atoms with van der Waals surface area (Å²) in [7, 11) is 0. The summed E-state index contributed by atoms with van der Waals surface area (Å²) < 4.78 is 5.01. The molecule has 1 N–H and O–H groups in total. The molecule has 0 aliphatic heterocycles. The van der Waals surface area contributed by atoms with Gasteiger partial charge in [-0.15, -0.1) is 0 Å². The monoisotopic (exact) mass is 355 g/mol. The summed E-state index contributed by atoms with van der Waals surface area (Å²) in [5.41, 5.74) is -1.29. The molecule has 26 heavy (non-hydrogen) atoms. The van der Waals surface area contributed by atoms with Gasteiger partial charge < -0.3 is 9.73 Å². The molecule has 0 saturated heterocycles. The first-order chi connectivity index (χ1) is 12.3. The molecule has 1 amide bonds.